The number of benzene rings is 1. The Morgan fingerprint density at radius 1 is 1.00 bits per heavy atom. The first-order chi connectivity index (χ1) is 10.6. The van der Waals surface area contributed by atoms with Crippen LogP contribution in [0.15, 0.2) is 12.1 Å². The van der Waals surface area contributed by atoms with Crippen molar-refractivity contribution in [2.24, 2.45) is 0 Å². The van der Waals surface area contributed by atoms with Crippen LogP contribution >= 0.6 is 0 Å². The number of esters is 1. The summed E-state index contributed by atoms with van der Waals surface area (Å²) in [5, 5.41) is 19.7. The number of cyclic esters (lactones) is 1. The number of phenolic OH excluding ortho intramolecular Hbond substituents is 2. The monoisotopic (exact) mass is 306 g/mol. The van der Waals surface area contributed by atoms with Crippen molar-refractivity contribution >= 4 is 5.97 Å². The number of phenols is 2. The Morgan fingerprint density at radius 2 is 1.64 bits per heavy atom. The lowest BCUT2D eigenvalue weighted by atomic mass is 9.98. The molecule has 1 heterocycles. The van der Waals surface area contributed by atoms with E-state index < -0.39 is 5.97 Å². The number of rotatable bonds is 0. The summed E-state index contributed by atoms with van der Waals surface area (Å²) in [6.45, 7) is 1.89. The molecule has 0 saturated heterocycles. The highest BCUT2D eigenvalue weighted by Crippen LogP contribution is 2.30. The maximum Gasteiger partial charge on any atom is 0.342 e. The molecule has 122 valence electrons. The maximum absolute atomic E-state index is 12.4. The highest BCUT2D eigenvalue weighted by Gasteiger charge is 2.21. The molecule has 22 heavy (non-hydrogen) atoms. The van der Waals surface area contributed by atoms with Gasteiger partial charge < -0.3 is 14.9 Å². The number of carbonyl (C=O) groups excluding carboxylic acids is 1. The molecule has 2 N–H and O–H groups in total. The van der Waals surface area contributed by atoms with Crippen LogP contribution in [0, 0.1) is 0 Å². The van der Waals surface area contributed by atoms with E-state index in [-0.39, 0.29) is 23.2 Å². The van der Waals surface area contributed by atoms with Crippen molar-refractivity contribution in [3.05, 3.63) is 23.3 Å². The third-order valence-corrected chi connectivity index (χ3v) is 4.25. The summed E-state index contributed by atoms with van der Waals surface area (Å²) in [6.07, 6.45) is 9.31. The Kier molecular flexibility index (Phi) is 6.10. The summed E-state index contributed by atoms with van der Waals surface area (Å²) in [5.41, 5.74) is 0.883. The molecule has 2 rings (SSSR count). The Morgan fingerprint density at radius 3 is 2.36 bits per heavy atom. The zero-order valence-electron chi connectivity index (χ0n) is 13.3. The van der Waals surface area contributed by atoms with Gasteiger partial charge in [0.05, 0.1) is 6.10 Å². The normalized spacial score (nSPS) is 21.5. The van der Waals surface area contributed by atoms with Crippen molar-refractivity contribution < 1.29 is 19.7 Å². The van der Waals surface area contributed by atoms with Crippen LogP contribution in [-0.2, 0) is 11.2 Å². The van der Waals surface area contributed by atoms with Crippen molar-refractivity contribution in [2.45, 2.75) is 70.8 Å². The van der Waals surface area contributed by atoms with E-state index in [0.29, 0.717) is 12.0 Å². The number of hydrogen-bond donors (Lipinski definition) is 2. The average Bonchev–Trinajstić information content (AvgIpc) is 2.43. The largest absolute Gasteiger partial charge is 0.508 e. The van der Waals surface area contributed by atoms with Gasteiger partial charge in [0.15, 0.2) is 0 Å². The van der Waals surface area contributed by atoms with Gasteiger partial charge in [-0.15, -0.1) is 0 Å². The minimum absolute atomic E-state index is 0.0155. The molecule has 0 spiro atoms. The van der Waals surface area contributed by atoms with E-state index in [1.54, 1.807) is 6.07 Å². The highest BCUT2D eigenvalue weighted by molar-refractivity contribution is 5.94. The van der Waals surface area contributed by atoms with Gasteiger partial charge in [0.1, 0.15) is 17.1 Å². The van der Waals surface area contributed by atoms with Crippen molar-refractivity contribution in [1.29, 1.82) is 0 Å². The molecule has 0 saturated carbocycles. The fraction of sp³-hybridized carbons (Fsp3) is 0.611. The number of carbonyl (C=O) groups is 1. The van der Waals surface area contributed by atoms with Crippen LogP contribution in [0.3, 0.4) is 0 Å². The van der Waals surface area contributed by atoms with Crippen LogP contribution in [0.5, 0.6) is 11.5 Å². The molecule has 0 aromatic heterocycles. The maximum atomic E-state index is 12.4. The van der Waals surface area contributed by atoms with E-state index in [9.17, 15) is 15.0 Å². The lowest BCUT2D eigenvalue weighted by Gasteiger charge is -2.17. The SMILES string of the molecule is CC1CCCCCCCCCc2cc(O)cc(O)c2C(=O)O1. The number of aryl methyl sites for hydroxylation is 1. The van der Waals surface area contributed by atoms with E-state index in [1.807, 2.05) is 6.92 Å². The van der Waals surface area contributed by atoms with E-state index in [1.165, 1.54) is 31.7 Å². The number of fused-ring (bicyclic) bond motifs is 1. The molecular weight excluding hydrogens is 280 g/mol. The zero-order chi connectivity index (χ0) is 15.9. The summed E-state index contributed by atoms with van der Waals surface area (Å²) >= 11 is 0. The Labute approximate surface area is 132 Å². The van der Waals surface area contributed by atoms with Gasteiger partial charge in [0, 0.05) is 6.07 Å². The second-order valence-corrected chi connectivity index (χ2v) is 6.23. The molecule has 1 aromatic rings. The minimum Gasteiger partial charge on any atom is -0.508 e. The van der Waals surface area contributed by atoms with Gasteiger partial charge in [0.2, 0.25) is 0 Å². The van der Waals surface area contributed by atoms with Crippen molar-refractivity contribution in [1.82, 2.24) is 0 Å². The molecule has 0 amide bonds. The zero-order valence-corrected chi connectivity index (χ0v) is 13.3. The number of hydrogen-bond acceptors (Lipinski definition) is 4. The third-order valence-electron chi connectivity index (χ3n) is 4.25. The minimum atomic E-state index is -0.489. The van der Waals surface area contributed by atoms with Gasteiger partial charge in [-0.25, -0.2) is 4.79 Å². The first-order valence-electron chi connectivity index (χ1n) is 8.34. The molecule has 1 aromatic carbocycles. The topological polar surface area (TPSA) is 66.8 Å². The van der Waals surface area contributed by atoms with Gasteiger partial charge in [-0.1, -0.05) is 32.1 Å². The summed E-state index contributed by atoms with van der Waals surface area (Å²) < 4.78 is 5.46. The van der Waals surface area contributed by atoms with E-state index in [4.69, 9.17) is 4.74 Å². The lowest BCUT2D eigenvalue weighted by molar-refractivity contribution is 0.0314. The Bertz CT molecular complexity index is 510. The second kappa shape index (κ2) is 8.06. The molecule has 0 aliphatic carbocycles. The van der Waals surface area contributed by atoms with E-state index >= 15 is 0 Å². The smallest absolute Gasteiger partial charge is 0.342 e. The summed E-state index contributed by atoms with van der Waals surface area (Å²) in [7, 11) is 0. The number of ether oxygens (including phenoxy) is 1. The summed E-state index contributed by atoms with van der Waals surface area (Å²) in [6, 6.07) is 2.76. The van der Waals surface area contributed by atoms with Gasteiger partial charge in [0.25, 0.3) is 0 Å². The Hall–Kier alpha value is -1.71. The third kappa shape index (κ3) is 4.65. The van der Waals surface area contributed by atoms with E-state index in [0.717, 1.165) is 25.7 Å². The van der Waals surface area contributed by atoms with Gasteiger partial charge in [-0.3, -0.25) is 0 Å². The van der Waals surface area contributed by atoms with E-state index in [2.05, 4.69) is 0 Å². The molecule has 0 bridgehead atoms. The van der Waals surface area contributed by atoms with Gasteiger partial charge >= 0.3 is 5.97 Å². The van der Waals surface area contributed by atoms with Crippen LogP contribution < -0.4 is 0 Å². The second-order valence-electron chi connectivity index (χ2n) is 6.23. The van der Waals surface area contributed by atoms with Crippen LogP contribution in [0.25, 0.3) is 0 Å². The molecule has 0 radical (unpaired) electrons. The van der Waals surface area contributed by atoms with Crippen LogP contribution in [0.1, 0.15) is 74.2 Å². The van der Waals surface area contributed by atoms with Crippen LogP contribution in [-0.4, -0.2) is 22.3 Å². The molecular formula is C18H26O4. The molecule has 0 fully saturated rings. The summed E-state index contributed by atoms with van der Waals surface area (Å²) in [5.74, 6) is -0.699. The molecule has 4 heteroatoms. The molecule has 1 unspecified atom stereocenters. The van der Waals surface area contributed by atoms with Gasteiger partial charge in [-0.2, -0.15) is 0 Å². The highest BCUT2D eigenvalue weighted by atomic mass is 16.5. The lowest BCUT2D eigenvalue weighted by Crippen LogP contribution is -2.17. The predicted octanol–water partition coefficient (Wildman–Crippen LogP) is 4.32. The summed E-state index contributed by atoms with van der Waals surface area (Å²) in [4.78, 5) is 12.4. The predicted molar refractivity (Wildman–Crippen MR) is 85.3 cm³/mol. The fourth-order valence-corrected chi connectivity index (χ4v) is 3.03. The average molecular weight is 306 g/mol. The molecule has 1 aliphatic rings. The quantitative estimate of drug-likeness (QED) is 0.700. The van der Waals surface area contributed by atoms with Crippen LogP contribution in [0.2, 0.25) is 0 Å². The molecule has 1 aliphatic heterocycles. The van der Waals surface area contributed by atoms with Gasteiger partial charge in [-0.05, 0) is 44.2 Å². The Balaban J connectivity index is 2.22. The molecule has 4 nitrogen and oxygen atoms in total. The van der Waals surface area contributed by atoms with Crippen molar-refractivity contribution in [3.63, 3.8) is 0 Å². The fourth-order valence-electron chi connectivity index (χ4n) is 3.03. The first kappa shape index (κ1) is 16.7. The first-order valence-corrected chi connectivity index (χ1v) is 8.34. The number of aromatic hydroxyl groups is 2. The standard InChI is InChI=1S/C18H26O4/c1-13-9-7-5-3-2-4-6-8-10-14-11-15(19)12-16(20)17(14)18(21)22-13/h11-13,19-20H,2-10H2,1H3. The van der Waals surface area contributed by atoms with Crippen LogP contribution in [0.4, 0.5) is 0 Å². The van der Waals surface area contributed by atoms with Crippen molar-refractivity contribution in [2.75, 3.05) is 0 Å². The molecule has 1 atom stereocenters. The van der Waals surface area contributed by atoms with Crippen molar-refractivity contribution in [3.8, 4) is 11.5 Å².